The lowest BCUT2D eigenvalue weighted by Gasteiger charge is -2.05. The Morgan fingerprint density at radius 1 is 1.53 bits per heavy atom. The number of hydrogen-bond donors (Lipinski definition) is 1. The number of nitrogens with one attached hydrogen (secondary N) is 1. The molecule has 0 aliphatic heterocycles. The molecule has 0 aromatic heterocycles. The summed E-state index contributed by atoms with van der Waals surface area (Å²) in [6, 6.07) is 6.90. The van der Waals surface area contributed by atoms with Crippen LogP contribution in [0.3, 0.4) is 0 Å². The third kappa shape index (κ3) is 4.28. The molecule has 0 bridgehead atoms. The molecule has 1 rings (SSSR count). The molecule has 1 aromatic rings. The van der Waals surface area contributed by atoms with Crippen LogP contribution in [0.2, 0.25) is 5.02 Å². The summed E-state index contributed by atoms with van der Waals surface area (Å²) in [5.74, 6) is -0.584. The predicted octanol–water partition coefficient (Wildman–Crippen LogP) is 1.99. The number of esters is 1. The molecule has 0 heterocycles. The molecule has 0 atom stereocenters. The van der Waals surface area contributed by atoms with Crippen molar-refractivity contribution in [1.82, 2.24) is 5.32 Å². The third-order valence-electron chi connectivity index (χ3n) is 1.87. The van der Waals surface area contributed by atoms with E-state index in [1.54, 1.807) is 31.2 Å². The summed E-state index contributed by atoms with van der Waals surface area (Å²) in [6.07, 6.45) is 1.92. The van der Waals surface area contributed by atoms with Gasteiger partial charge in [0.1, 0.15) is 5.70 Å². The van der Waals surface area contributed by atoms with E-state index in [1.807, 2.05) is 0 Å². The maximum Gasteiger partial charge on any atom is 0.354 e. The zero-order valence-electron chi connectivity index (χ0n) is 9.27. The zero-order valence-corrected chi connectivity index (χ0v) is 10.0. The van der Waals surface area contributed by atoms with Crippen molar-refractivity contribution in [3.8, 4) is 0 Å². The number of rotatable bonds is 5. The fourth-order valence-electron chi connectivity index (χ4n) is 1.19. The maximum atomic E-state index is 11.5. The first-order chi connectivity index (χ1) is 8.17. The Bertz CT molecular complexity index is 443. The molecule has 0 aliphatic carbocycles. The summed E-state index contributed by atoms with van der Waals surface area (Å²) in [5, 5.41) is 2.85. The van der Waals surface area contributed by atoms with Crippen LogP contribution in [0.5, 0.6) is 0 Å². The lowest BCUT2D eigenvalue weighted by molar-refractivity contribution is -0.139. The fourth-order valence-corrected chi connectivity index (χ4v) is 1.39. The molecule has 5 heteroatoms. The van der Waals surface area contributed by atoms with E-state index in [1.165, 1.54) is 6.08 Å². The number of hydrogen-bond acceptors (Lipinski definition) is 3. The predicted molar refractivity (Wildman–Crippen MR) is 65.3 cm³/mol. The zero-order chi connectivity index (χ0) is 12.7. The van der Waals surface area contributed by atoms with Gasteiger partial charge in [-0.15, -0.1) is 0 Å². The smallest absolute Gasteiger partial charge is 0.354 e. The topological polar surface area (TPSA) is 55.4 Å². The Hall–Kier alpha value is -1.81. The SMILES string of the molecule is CCOC(=O)/C(=C/c1cccc(Cl)c1)NC=O. The van der Waals surface area contributed by atoms with Gasteiger partial charge in [0.25, 0.3) is 0 Å². The van der Waals surface area contributed by atoms with Gasteiger partial charge in [0.05, 0.1) is 6.61 Å². The quantitative estimate of drug-likeness (QED) is 0.496. The van der Waals surface area contributed by atoms with Gasteiger partial charge in [-0.25, -0.2) is 4.79 Å². The van der Waals surface area contributed by atoms with Gasteiger partial charge in [-0.1, -0.05) is 23.7 Å². The molecule has 1 N–H and O–H groups in total. The van der Waals surface area contributed by atoms with Crippen LogP contribution < -0.4 is 5.32 Å². The number of amides is 1. The number of ether oxygens (including phenoxy) is 1. The Balaban J connectivity index is 2.96. The van der Waals surface area contributed by atoms with Crippen LogP contribution in [0.25, 0.3) is 6.08 Å². The summed E-state index contributed by atoms with van der Waals surface area (Å²) in [7, 11) is 0. The number of benzene rings is 1. The molecule has 1 amide bonds. The summed E-state index contributed by atoms with van der Waals surface area (Å²) in [5.41, 5.74) is 0.777. The van der Waals surface area contributed by atoms with Crippen LogP contribution in [0.1, 0.15) is 12.5 Å². The second-order valence-electron chi connectivity index (χ2n) is 3.10. The van der Waals surface area contributed by atoms with Gasteiger partial charge in [-0.2, -0.15) is 0 Å². The first kappa shape index (κ1) is 13.3. The van der Waals surface area contributed by atoms with Crippen molar-refractivity contribution in [2.24, 2.45) is 0 Å². The molecule has 1 aromatic carbocycles. The van der Waals surface area contributed by atoms with Crippen molar-refractivity contribution in [2.75, 3.05) is 6.61 Å². The minimum Gasteiger partial charge on any atom is -0.461 e. The molecule has 0 fully saturated rings. The number of halogens is 1. The standard InChI is InChI=1S/C12H12ClNO3/c1-2-17-12(16)11(14-8-15)7-9-4-3-5-10(13)6-9/h3-8H,2H2,1H3,(H,14,15)/b11-7-. The maximum absolute atomic E-state index is 11.5. The molecule has 0 unspecified atom stereocenters. The molecule has 90 valence electrons. The van der Waals surface area contributed by atoms with Crippen LogP contribution in [-0.2, 0) is 14.3 Å². The van der Waals surface area contributed by atoms with Gasteiger partial charge in [-0.05, 0) is 30.7 Å². The fraction of sp³-hybridized carbons (Fsp3) is 0.167. The minimum absolute atomic E-state index is 0.0733. The van der Waals surface area contributed by atoms with E-state index in [0.29, 0.717) is 17.0 Å². The Kier molecular flexibility index (Phi) is 5.23. The summed E-state index contributed by atoms with van der Waals surface area (Å²) < 4.78 is 4.80. The molecule has 0 spiro atoms. The third-order valence-corrected chi connectivity index (χ3v) is 2.10. The highest BCUT2D eigenvalue weighted by molar-refractivity contribution is 6.30. The summed E-state index contributed by atoms with van der Waals surface area (Å²) in [6.45, 7) is 1.93. The number of carbonyl (C=O) groups is 2. The lowest BCUT2D eigenvalue weighted by atomic mass is 10.2. The molecule has 0 saturated carbocycles. The molecule has 0 radical (unpaired) electrons. The molecule has 17 heavy (non-hydrogen) atoms. The highest BCUT2D eigenvalue weighted by Crippen LogP contribution is 2.13. The normalized spacial score (nSPS) is 10.8. The van der Waals surface area contributed by atoms with E-state index in [4.69, 9.17) is 16.3 Å². The van der Waals surface area contributed by atoms with E-state index in [9.17, 15) is 9.59 Å². The molecular formula is C12H12ClNO3. The Morgan fingerprint density at radius 2 is 2.29 bits per heavy atom. The second-order valence-corrected chi connectivity index (χ2v) is 3.53. The average Bonchev–Trinajstić information content (AvgIpc) is 2.29. The average molecular weight is 254 g/mol. The van der Waals surface area contributed by atoms with E-state index >= 15 is 0 Å². The van der Waals surface area contributed by atoms with Crippen LogP contribution in [0.15, 0.2) is 30.0 Å². The largest absolute Gasteiger partial charge is 0.461 e. The molecular weight excluding hydrogens is 242 g/mol. The van der Waals surface area contributed by atoms with Gasteiger partial charge < -0.3 is 10.1 Å². The first-order valence-corrected chi connectivity index (χ1v) is 5.39. The van der Waals surface area contributed by atoms with Crippen LogP contribution in [-0.4, -0.2) is 19.0 Å². The molecule has 0 aliphatic rings. The van der Waals surface area contributed by atoms with Gasteiger partial charge in [0.2, 0.25) is 6.41 Å². The van der Waals surface area contributed by atoms with Crippen molar-refractivity contribution < 1.29 is 14.3 Å². The van der Waals surface area contributed by atoms with Crippen molar-refractivity contribution in [3.05, 3.63) is 40.5 Å². The van der Waals surface area contributed by atoms with Crippen LogP contribution in [0, 0.1) is 0 Å². The summed E-state index contributed by atoms with van der Waals surface area (Å²) >= 11 is 5.81. The van der Waals surface area contributed by atoms with Crippen molar-refractivity contribution in [1.29, 1.82) is 0 Å². The van der Waals surface area contributed by atoms with Crippen LogP contribution >= 0.6 is 11.6 Å². The lowest BCUT2D eigenvalue weighted by Crippen LogP contribution is -2.20. The van der Waals surface area contributed by atoms with Crippen molar-refractivity contribution >= 4 is 30.1 Å². The Morgan fingerprint density at radius 3 is 2.88 bits per heavy atom. The van der Waals surface area contributed by atoms with Crippen molar-refractivity contribution in [3.63, 3.8) is 0 Å². The van der Waals surface area contributed by atoms with Crippen LogP contribution in [0.4, 0.5) is 0 Å². The first-order valence-electron chi connectivity index (χ1n) is 5.02. The van der Waals surface area contributed by atoms with E-state index in [-0.39, 0.29) is 12.3 Å². The van der Waals surface area contributed by atoms with Gasteiger partial charge >= 0.3 is 5.97 Å². The highest BCUT2D eigenvalue weighted by Gasteiger charge is 2.09. The molecule has 4 nitrogen and oxygen atoms in total. The summed E-state index contributed by atoms with van der Waals surface area (Å²) in [4.78, 5) is 21.9. The van der Waals surface area contributed by atoms with Gasteiger partial charge in [0, 0.05) is 5.02 Å². The number of carbonyl (C=O) groups excluding carboxylic acids is 2. The highest BCUT2D eigenvalue weighted by atomic mass is 35.5. The van der Waals surface area contributed by atoms with E-state index < -0.39 is 5.97 Å². The minimum atomic E-state index is -0.584. The van der Waals surface area contributed by atoms with Gasteiger partial charge in [0.15, 0.2) is 0 Å². The van der Waals surface area contributed by atoms with E-state index in [0.717, 1.165) is 0 Å². The monoisotopic (exact) mass is 253 g/mol. The molecule has 0 saturated heterocycles. The van der Waals surface area contributed by atoms with Gasteiger partial charge in [-0.3, -0.25) is 4.79 Å². The second kappa shape index (κ2) is 6.70. The Labute approximate surface area is 104 Å². The van der Waals surface area contributed by atoms with E-state index in [2.05, 4.69) is 5.32 Å². The van der Waals surface area contributed by atoms with Crippen molar-refractivity contribution in [2.45, 2.75) is 6.92 Å².